The molecule has 0 saturated carbocycles. The SMILES string of the molecule is O=S1(=O)C[C@H](NCC(c2ccc(F)cc2)N2CCCC2)[C@@H](S(=O)(=O)c2ccccc2)C1. The maximum absolute atomic E-state index is 13.4. The Morgan fingerprint density at radius 1 is 1.00 bits per heavy atom. The van der Waals surface area contributed by atoms with Gasteiger partial charge in [0.05, 0.1) is 21.7 Å². The fourth-order valence-corrected chi connectivity index (χ4v) is 9.29. The minimum atomic E-state index is -3.80. The Labute approximate surface area is 183 Å². The van der Waals surface area contributed by atoms with Crippen LogP contribution in [0.15, 0.2) is 59.5 Å². The third kappa shape index (κ3) is 5.00. The molecule has 4 rings (SSSR count). The molecule has 2 saturated heterocycles. The summed E-state index contributed by atoms with van der Waals surface area (Å²) in [5.41, 5.74) is 0.930. The van der Waals surface area contributed by atoms with Crippen molar-refractivity contribution in [2.75, 3.05) is 31.1 Å². The summed E-state index contributed by atoms with van der Waals surface area (Å²) in [7, 11) is -7.28. The second-order valence-corrected chi connectivity index (χ2v) is 12.6. The lowest BCUT2D eigenvalue weighted by Crippen LogP contribution is -2.46. The molecule has 2 aliphatic heterocycles. The quantitative estimate of drug-likeness (QED) is 0.674. The van der Waals surface area contributed by atoms with Gasteiger partial charge in [-0.25, -0.2) is 21.2 Å². The Kier molecular flexibility index (Phi) is 6.48. The van der Waals surface area contributed by atoms with Crippen LogP contribution in [0.2, 0.25) is 0 Å². The van der Waals surface area contributed by atoms with Crippen LogP contribution in [0.4, 0.5) is 4.39 Å². The predicted octanol–water partition coefficient (Wildman–Crippen LogP) is 2.19. The summed E-state index contributed by atoms with van der Waals surface area (Å²) < 4.78 is 64.6. The normalized spacial score (nSPS) is 24.9. The van der Waals surface area contributed by atoms with Crippen molar-refractivity contribution in [1.82, 2.24) is 10.2 Å². The number of halogens is 1. The lowest BCUT2D eigenvalue weighted by molar-refractivity contribution is 0.234. The van der Waals surface area contributed by atoms with Gasteiger partial charge in [-0.3, -0.25) is 4.90 Å². The number of hydrogen-bond acceptors (Lipinski definition) is 6. The van der Waals surface area contributed by atoms with Crippen LogP contribution >= 0.6 is 0 Å². The van der Waals surface area contributed by atoms with E-state index in [0.717, 1.165) is 31.5 Å². The summed E-state index contributed by atoms with van der Waals surface area (Å²) in [5.74, 6) is -0.903. The largest absolute Gasteiger partial charge is 0.310 e. The van der Waals surface area contributed by atoms with Gasteiger partial charge in [-0.05, 0) is 55.8 Å². The molecule has 2 fully saturated rings. The Morgan fingerprint density at radius 3 is 2.29 bits per heavy atom. The highest BCUT2D eigenvalue weighted by atomic mass is 32.2. The Bertz CT molecular complexity index is 1100. The Morgan fingerprint density at radius 2 is 1.65 bits per heavy atom. The molecule has 168 valence electrons. The van der Waals surface area contributed by atoms with Gasteiger partial charge in [-0.2, -0.15) is 0 Å². The van der Waals surface area contributed by atoms with Crippen molar-refractivity contribution in [3.8, 4) is 0 Å². The summed E-state index contributed by atoms with van der Waals surface area (Å²) in [6.45, 7) is 2.20. The van der Waals surface area contributed by atoms with Crippen LogP contribution in [0.1, 0.15) is 24.4 Å². The van der Waals surface area contributed by atoms with E-state index >= 15 is 0 Å². The van der Waals surface area contributed by atoms with Crippen molar-refractivity contribution in [3.05, 3.63) is 66.0 Å². The fourth-order valence-electron chi connectivity index (χ4n) is 4.56. The van der Waals surface area contributed by atoms with E-state index in [9.17, 15) is 21.2 Å². The minimum Gasteiger partial charge on any atom is -0.310 e. The van der Waals surface area contributed by atoms with E-state index in [0.29, 0.717) is 6.54 Å². The zero-order valence-electron chi connectivity index (χ0n) is 17.2. The summed E-state index contributed by atoms with van der Waals surface area (Å²) in [6, 6.07) is 13.5. The topological polar surface area (TPSA) is 83.6 Å². The first kappa shape index (κ1) is 22.4. The number of sulfone groups is 2. The van der Waals surface area contributed by atoms with E-state index < -0.39 is 31.0 Å². The van der Waals surface area contributed by atoms with E-state index in [1.807, 2.05) is 0 Å². The molecule has 0 aromatic heterocycles. The highest BCUT2D eigenvalue weighted by molar-refractivity contribution is 7.96. The van der Waals surface area contributed by atoms with Crippen molar-refractivity contribution in [1.29, 1.82) is 0 Å². The van der Waals surface area contributed by atoms with Crippen LogP contribution in [0.25, 0.3) is 0 Å². The van der Waals surface area contributed by atoms with Gasteiger partial charge in [0.2, 0.25) is 0 Å². The molecule has 0 bridgehead atoms. The zero-order chi connectivity index (χ0) is 22.1. The van der Waals surface area contributed by atoms with Crippen LogP contribution in [-0.2, 0) is 19.7 Å². The first-order chi connectivity index (χ1) is 14.8. The van der Waals surface area contributed by atoms with Crippen LogP contribution < -0.4 is 5.32 Å². The van der Waals surface area contributed by atoms with Gasteiger partial charge in [0.25, 0.3) is 0 Å². The van der Waals surface area contributed by atoms with Gasteiger partial charge >= 0.3 is 0 Å². The molecule has 9 heteroatoms. The lowest BCUT2D eigenvalue weighted by Gasteiger charge is -2.30. The molecule has 1 unspecified atom stereocenters. The first-order valence-electron chi connectivity index (χ1n) is 10.5. The number of nitrogens with zero attached hydrogens (tertiary/aromatic N) is 1. The number of likely N-dealkylation sites (tertiary alicyclic amines) is 1. The van der Waals surface area contributed by atoms with Crippen molar-refractivity contribution in [2.24, 2.45) is 0 Å². The molecule has 0 radical (unpaired) electrons. The standard InChI is InChI=1S/C22H27FN2O4S2/c23-18-10-8-17(9-11-18)21(25-12-4-5-13-25)14-24-20-15-30(26,27)16-22(20)31(28,29)19-6-2-1-3-7-19/h1-3,6-11,20-22,24H,4-5,12-16H2/t20-,21?,22-/m0/s1. The van der Waals surface area contributed by atoms with Gasteiger partial charge in [0, 0.05) is 18.6 Å². The summed E-state index contributed by atoms with van der Waals surface area (Å²) in [4.78, 5) is 2.42. The highest BCUT2D eigenvalue weighted by Crippen LogP contribution is 2.28. The Hall–Kier alpha value is -1.81. The molecule has 3 atom stereocenters. The van der Waals surface area contributed by atoms with Crippen LogP contribution in [-0.4, -0.2) is 64.2 Å². The van der Waals surface area contributed by atoms with Crippen molar-refractivity contribution in [3.63, 3.8) is 0 Å². The van der Waals surface area contributed by atoms with Crippen LogP contribution in [0.3, 0.4) is 0 Å². The first-order valence-corrected chi connectivity index (χ1v) is 13.9. The molecular formula is C22H27FN2O4S2. The molecule has 31 heavy (non-hydrogen) atoms. The fraction of sp³-hybridized carbons (Fsp3) is 0.455. The van der Waals surface area contributed by atoms with E-state index in [1.165, 1.54) is 24.3 Å². The smallest absolute Gasteiger partial charge is 0.183 e. The van der Waals surface area contributed by atoms with E-state index in [1.54, 1.807) is 30.3 Å². The molecule has 2 aromatic carbocycles. The van der Waals surface area contributed by atoms with Crippen LogP contribution in [0.5, 0.6) is 0 Å². The van der Waals surface area contributed by atoms with Gasteiger partial charge in [0.15, 0.2) is 19.7 Å². The number of benzene rings is 2. The molecular weight excluding hydrogens is 439 g/mol. The highest BCUT2D eigenvalue weighted by Gasteiger charge is 2.46. The summed E-state index contributed by atoms with van der Waals surface area (Å²) in [5, 5.41) is 2.22. The third-order valence-corrected chi connectivity index (χ3v) is 10.3. The average Bonchev–Trinajstić information content (AvgIpc) is 3.38. The van der Waals surface area contributed by atoms with Crippen molar-refractivity contribution >= 4 is 19.7 Å². The van der Waals surface area contributed by atoms with Crippen LogP contribution in [0, 0.1) is 5.82 Å². The lowest BCUT2D eigenvalue weighted by atomic mass is 10.0. The van der Waals surface area contributed by atoms with E-state index in [2.05, 4.69) is 10.2 Å². The van der Waals surface area contributed by atoms with Gasteiger partial charge < -0.3 is 5.32 Å². The minimum absolute atomic E-state index is 0.0773. The monoisotopic (exact) mass is 466 g/mol. The second kappa shape index (κ2) is 8.97. The van der Waals surface area contributed by atoms with E-state index in [-0.39, 0.29) is 28.3 Å². The molecule has 2 heterocycles. The van der Waals surface area contributed by atoms with E-state index in [4.69, 9.17) is 0 Å². The molecule has 2 aliphatic rings. The van der Waals surface area contributed by atoms with Gasteiger partial charge in [-0.15, -0.1) is 0 Å². The number of hydrogen-bond donors (Lipinski definition) is 1. The average molecular weight is 467 g/mol. The maximum atomic E-state index is 13.4. The molecule has 1 N–H and O–H groups in total. The van der Waals surface area contributed by atoms with Crippen molar-refractivity contribution < 1.29 is 21.2 Å². The summed E-state index contributed by atoms with van der Waals surface area (Å²) >= 11 is 0. The molecule has 6 nitrogen and oxygen atoms in total. The molecule has 0 spiro atoms. The summed E-state index contributed by atoms with van der Waals surface area (Å²) in [6.07, 6.45) is 2.14. The molecule has 0 aliphatic carbocycles. The zero-order valence-corrected chi connectivity index (χ0v) is 18.8. The predicted molar refractivity (Wildman–Crippen MR) is 118 cm³/mol. The second-order valence-electron chi connectivity index (χ2n) is 8.30. The van der Waals surface area contributed by atoms with Gasteiger partial charge in [-0.1, -0.05) is 30.3 Å². The van der Waals surface area contributed by atoms with Crippen molar-refractivity contribution in [2.45, 2.75) is 35.1 Å². The maximum Gasteiger partial charge on any atom is 0.183 e. The Balaban J connectivity index is 1.57. The number of nitrogens with one attached hydrogen (secondary N) is 1. The molecule has 2 aromatic rings. The number of rotatable bonds is 7. The van der Waals surface area contributed by atoms with Gasteiger partial charge in [0.1, 0.15) is 5.82 Å². The third-order valence-electron chi connectivity index (χ3n) is 6.18. The molecule has 0 amide bonds.